The number of piperazine rings is 1. The third-order valence-electron chi connectivity index (χ3n) is 5.37. The number of fused-ring (bicyclic) bond motifs is 1. The van der Waals surface area contributed by atoms with Gasteiger partial charge in [0.05, 0.1) is 0 Å². The SMILES string of the molecule is Cn1ccnc1C1CNCCN1C(=O)C1C2CCCC21. The van der Waals surface area contributed by atoms with Crippen LogP contribution < -0.4 is 5.32 Å². The lowest BCUT2D eigenvalue weighted by Crippen LogP contribution is -2.50. The quantitative estimate of drug-likeness (QED) is 0.873. The number of hydrogen-bond donors (Lipinski definition) is 1. The number of aromatic nitrogens is 2. The van der Waals surface area contributed by atoms with Crippen molar-refractivity contribution in [3.05, 3.63) is 18.2 Å². The molecule has 1 aromatic rings. The van der Waals surface area contributed by atoms with E-state index >= 15 is 0 Å². The largest absolute Gasteiger partial charge is 0.336 e. The number of imidazole rings is 1. The van der Waals surface area contributed by atoms with Crippen LogP contribution in [0.15, 0.2) is 12.4 Å². The van der Waals surface area contributed by atoms with E-state index in [9.17, 15) is 4.79 Å². The van der Waals surface area contributed by atoms with Crippen molar-refractivity contribution in [3.63, 3.8) is 0 Å². The van der Waals surface area contributed by atoms with Gasteiger partial charge in [-0.2, -0.15) is 0 Å². The van der Waals surface area contributed by atoms with Gasteiger partial charge in [0, 0.05) is 45.0 Å². The predicted molar refractivity (Wildman–Crippen MR) is 74.9 cm³/mol. The molecule has 108 valence electrons. The molecule has 3 atom stereocenters. The second-order valence-electron chi connectivity index (χ2n) is 6.43. The van der Waals surface area contributed by atoms with Gasteiger partial charge < -0.3 is 14.8 Å². The number of aryl methyl sites for hydroxylation is 1. The van der Waals surface area contributed by atoms with Crippen LogP contribution >= 0.6 is 0 Å². The number of carbonyl (C=O) groups is 1. The highest BCUT2D eigenvalue weighted by atomic mass is 16.2. The van der Waals surface area contributed by atoms with E-state index in [1.54, 1.807) is 0 Å². The summed E-state index contributed by atoms with van der Waals surface area (Å²) in [6.07, 6.45) is 7.63. The van der Waals surface area contributed by atoms with Gasteiger partial charge in [-0.25, -0.2) is 4.98 Å². The summed E-state index contributed by atoms with van der Waals surface area (Å²) < 4.78 is 2.03. The predicted octanol–water partition coefficient (Wildman–Crippen LogP) is 0.939. The second kappa shape index (κ2) is 4.58. The Labute approximate surface area is 119 Å². The zero-order valence-corrected chi connectivity index (χ0v) is 12.0. The van der Waals surface area contributed by atoms with Crippen molar-refractivity contribution < 1.29 is 4.79 Å². The molecular formula is C15H22N4O. The lowest BCUT2D eigenvalue weighted by atomic mass is 10.1. The van der Waals surface area contributed by atoms with E-state index in [0.29, 0.717) is 23.7 Å². The molecule has 2 heterocycles. The molecule has 1 aliphatic heterocycles. The van der Waals surface area contributed by atoms with E-state index in [1.165, 1.54) is 19.3 Å². The standard InChI is InChI=1S/C15H22N4O/c1-18-7-6-17-14(18)12-9-16-5-8-19(12)15(20)13-10-3-2-4-11(10)13/h6-7,10-13,16H,2-5,8-9H2,1H3. The van der Waals surface area contributed by atoms with Gasteiger partial charge in [0.25, 0.3) is 0 Å². The first-order valence-electron chi connectivity index (χ1n) is 7.76. The molecule has 1 saturated heterocycles. The Morgan fingerprint density at radius 2 is 2.20 bits per heavy atom. The third-order valence-corrected chi connectivity index (χ3v) is 5.37. The molecule has 0 spiro atoms. The molecule has 3 unspecified atom stereocenters. The molecular weight excluding hydrogens is 252 g/mol. The van der Waals surface area contributed by atoms with Gasteiger partial charge in [-0.3, -0.25) is 4.79 Å². The van der Waals surface area contributed by atoms with Crippen molar-refractivity contribution in [2.75, 3.05) is 19.6 Å². The fraction of sp³-hybridized carbons (Fsp3) is 0.733. The smallest absolute Gasteiger partial charge is 0.226 e. The van der Waals surface area contributed by atoms with Crippen molar-refractivity contribution in [2.45, 2.75) is 25.3 Å². The van der Waals surface area contributed by atoms with Crippen molar-refractivity contribution >= 4 is 5.91 Å². The van der Waals surface area contributed by atoms with E-state index in [2.05, 4.69) is 15.2 Å². The van der Waals surface area contributed by atoms with Gasteiger partial charge in [0.2, 0.25) is 5.91 Å². The van der Waals surface area contributed by atoms with Gasteiger partial charge >= 0.3 is 0 Å². The number of carbonyl (C=O) groups excluding carboxylic acids is 1. The lowest BCUT2D eigenvalue weighted by Gasteiger charge is -2.36. The van der Waals surface area contributed by atoms with E-state index in [-0.39, 0.29) is 6.04 Å². The van der Waals surface area contributed by atoms with E-state index < -0.39 is 0 Å². The maximum Gasteiger partial charge on any atom is 0.226 e. The fourth-order valence-corrected chi connectivity index (χ4v) is 4.28. The van der Waals surface area contributed by atoms with Crippen LogP contribution in [0.4, 0.5) is 0 Å². The van der Waals surface area contributed by atoms with Crippen LogP contribution in [0.25, 0.3) is 0 Å². The molecule has 4 rings (SSSR count). The Morgan fingerprint density at radius 1 is 1.40 bits per heavy atom. The molecule has 0 aromatic carbocycles. The molecule has 2 aliphatic carbocycles. The minimum absolute atomic E-state index is 0.0950. The normalized spacial score (nSPS) is 36.0. The Balaban J connectivity index is 1.55. The first-order valence-corrected chi connectivity index (χ1v) is 7.76. The van der Waals surface area contributed by atoms with Crippen LogP contribution in [0.5, 0.6) is 0 Å². The molecule has 0 bridgehead atoms. The monoisotopic (exact) mass is 274 g/mol. The molecule has 5 heteroatoms. The van der Waals surface area contributed by atoms with Gasteiger partial charge in [-0.15, -0.1) is 0 Å². The number of rotatable bonds is 2. The maximum absolute atomic E-state index is 12.9. The van der Waals surface area contributed by atoms with Crippen LogP contribution in [-0.4, -0.2) is 40.0 Å². The van der Waals surface area contributed by atoms with Crippen LogP contribution in [0.1, 0.15) is 31.1 Å². The van der Waals surface area contributed by atoms with E-state index in [1.807, 2.05) is 24.0 Å². The first kappa shape index (κ1) is 12.4. The molecule has 2 saturated carbocycles. The van der Waals surface area contributed by atoms with E-state index in [4.69, 9.17) is 0 Å². The lowest BCUT2D eigenvalue weighted by molar-refractivity contribution is -0.137. The third kappa shape index (κ3) is 1.79. The van der Waals surface area contributed by atoms with Gasteiger partial charge in [0.1, 0.15) is 11.9 Å². The van der Waals surface area contributed by atoms with Crippen LogP contribution in [-0.2, 0) is 11.8 Å². The first-order chi connectivity index (χ1) is 9.77. The van der Waals surface area contributed by atoms with Crippen molar-refractivity contribution in [3.8, 4) is 0 Å². The number of hydrogen-bond acceptors (Lipinski definition) is 3. The zero-order valence-electron chi connectivity index (χ0n) is 12.0. The summed E-state index contributed by atoms with van der Waals surface area (Å²) in [6, 6.07) is 0.0950. The zero-order chi connectivity index (χ0) is 13.7. The highest BCUT2D eigenvalue weighted by molar-refractivity contribution is 5.83. The van der Waals surface area contributed by atoms with Crippen molar-refractivity contribution in [1.82, 2.24) is 19.8 Å². The summed E-state index contributed by atoms with van der Waals surface area (Å²) in [5.41, 5.74) is 0. The Bertz CT molecular complexity index is 516. The van der Waals surface area contributed by atoms with Crippen molar-refractivity contribution in [2.24, 2.45) is 24.8 Å². The summed E-state index contributed by atoms with van der Waals surface area (Å²) in [4.78, 5) is 19.4. The average molecular weight is 274 g/mol. The molecule has 3 fully saturated rings. The molecule has 5 nitrogen and oxygen atoms in total. The molecule has 0 radical (unpaired) electrons. The topological polar surface area (TPSA) is 50.2 Å². The highest BCUT2D eigenvalue weighted by Gasteiger charge is 2.58. The molecule has 1 aromatic heterocycles. The molecule has 1 amide bonds. The highest BCUT2D eigenvalue weighted by Crippen LogP contribution is 2.58. The maximum atomic E-state index is 12.9. The van der Waals surface area contributed by atoms with E-state index in [0.717, 1.165) is 25.5 Å². The molecule has 20 heavy (non-hydrogen) atoms. The minimum atomic E-state index is 0.0950. The average Bonchev–Trinajstić information content (AvgIpc) is 2.82. The van der Waals surface area contributed by atoms with Crippen molar-refractivity contribution in [1.29, 1.82) is 0 Å². The summed E-state index contributed by atoms with van der Waals surface area (Å²) >= 11 is 0. The van der Waals surface area contributed by atoms with Crippen LogP contribution in [0.3, 0.4) is 0 Å². The Morgan fingerprint density at radius 3 is 2.90 bits per heavy atom. The Hall–Kier alpha value is -1.36. The number of nitrogens with zero attached hydrogens (tertiary/aromatic N) is 3. The number of nitrogens with one attached hydrogen (secondary N) is 1. The van der Waals surface area contributed by atoms with Gasteiger partial charge in [-0.05, 0) is 24.7 Å². The number of amides is 1. The summed E-state index contributed by atoms with van der Waals surface area (Å²) in [7, 11) is 2.01. The van der Waals surface area contributed by atoms with Gasteiger partial charge in [-0.1, -0.05) is 6.42 Å². The van der Waals surface area contributed by atoms with Crippen LogP contribution in [0.2, 0.25) is 0 Å². The minimum Gasteiger partial charge on any atom is -0.336 e. The van der Waals surface area contributed by atoms with Crippen LogP contribution in [0, 0.1) is 17.8 Å². The summed E-state index contributed by atoms with van der Waals surface area (Å²) in [5.74, 6) is 3.09. The molecule has 1 N–H and O–H groups in total. The molecule has 3 aliphatic rings. The fourth-order valence-electron chi connectivity index (χ4n) is 4.28. The second-order valence-corrected chi connectivity index (χ2v) is 6.43. The Kier molecular flexibility index (Phi) is 2.84. The summed E-state index contributed by atoms with van der Waals surface area (Å²) in [6.45, 7) is 2.53. The van der Waals surface area contributed by atoms with Gasteiger partial charge in [0.15, 0.2) is 0 Å². The summed E-state index contributed by atoms with van der Waals surface area (Å²) in [5, 5.41) is 3.40.